The van der Waals surface area contributed by atoms with Crippen molar-refractivity contribution in [3.8, 4) is 5.75 Å². The Morgan fingerprint density at radius 2 is 1.70 bits per heavy atom. The normalized spacial score (nSPS) is 10.3. The van der Waals surface area contributed by atoms with Gasteiger partial charge in [0.1, 0.15) is 17.3 Å². The second-order valence-electron chi connectivity index (χ2n) is 4.49. The lowest BCUT2D eigenvalue weighted by molar-refractivity contribution is -0.117. The summed E-state index contributed by atoms with van der Waals surface area (Å²) in [6.45, 7) is 0. The van der Waals surface area contributed by atoms with Crippen molar-refractivity contribution >= 4 is 17.4 Å². The molecule has 2 nitrogen and oxygen atoms in total. The number of methoxy groups -OCH3 is 1. The third kappa shape index (κ3) is 3.81. The van der Waals surface area contributed by atoms with Gasteiger partial charge < -0.3 is 4.74 Å². The maximum absolute atomic E-state index is 13.3. The minimum Gasteiger partial charge on any atom is -0.497 e. The zero-order valence-electron chi connectivity index (χ0n) is 11.0. The van der Waals surface area contributed by atoms with E-state index in [2.05, 4.69) is 0 Å². The molecule has 0 aliphatic carbocycles. The molecule has 20 heavy (non-hydrogen) atoms. The van der Waals surface area contributed by atoms with E-state index >= 15 is 0 Å². The summed E-state index contributed by atoms with van der Waals surface area (Å²) >= 11 is 5.60. The number of benzene rings is 2. The molecule has 0 saturated heterocycles. The highest BCUT2D eigenvalue weighted by Gasteiger charge is 2.08. The van der Waals surface area contributed by atoms with Crippen LogP contribution in [0.3, 0.4) is 0 Å². The molecule has 0 spiro atoms. The Morgan fingerprint density at radius 1 is 1.10 bits per heavy atom. The Bertz CT molecular complexity index is 608. The average Bonchev–Trinajstić information content (AvgIpc) is 2.44. The van der Waals surface area contributed by atoms with Gasteiger partial charge in [-0.3, -0.25) is 4.79 Å². The predicted octanol–water partition coefficient (Wildman–Crippen LogP) is 3.84. The Hall–Kier alpha value is -1.87. The van der Waals surface area contributed by atoms with Crippen LogP contribution < -0.4 is 4.74 Å². The molecule has 4 heteroatoms. The largest absolute Gasteiger partial charge is 0.497 e. The molecule has 0 amide bonds. The lowest BCUT2D eigenvalue weighted by Gasteiger charge is -2.04. The van der Waals surface area contributed by atoms with Crippen LogP contribution in [0.2, 0.25) is 5.02 Å². The molecule has 104 valence electrons. The van der Waals surface area contributed by atoms with Crippen LogP contribution in [0.4, 0.5) is 4.39 Å². The van der Waals surface area contributed by atoms with E-state index < -0.39 is 5.82 Å². The molecule has 0 N–H and O–H groups in total. The molecule has 0 aliphatic heterocycles. The van der Waals surface area contributed by atoms with Crippen molar-refractivity contribution in [2.24, 2.45) is 0 Å². The molecule has 0 bridgehead atoms. The van der Waals surface area contributed by atoms with Gasteiger partial charge in [0.15, 0.2) is 0 Å². The van der Waals surface area contributed by atoms with E-state index in [0.29, 0.717) is 12.0 Å². The van der Waals surface area contributed by atoms with Crippen molar-refractivity contribution in [1.82, 2.24) is 0 Å². The van der Waals surface area contributed by atoms with Crippen molar-refractivity contribution in [2.75, 3.05) is 7.11 Å². The first-order valence-electron chi connectivity index (χ1n) is 6.17. The Labute approximate surface area is 122 Å². The molecular weight excluding hydrogens is 279 g/mol. The van der Waals surface area contributed by atoms with Gasteiger partial charge in [-0.05, 0) is 35.4 Å². The fraction of sp³-hybridized carbons (Fsp3) is 0.188. The smallest absolute Gasteiger partial charge is 0.142 e. The SMILES string of the molecule is COc1ccc(CC(=O)Cc2ccc(Cl)c(F)c2)cc1. The van der Waals surface area contributed by atoms with E-state index in [1.807, 2.05) is 24.3 Å². The average molecular weight is 293 g/mol. The molecular formula is C16H14ClFO2. The van der Waals surface area contributed by atoms with E-state index in [1.165, 1.54) is 12.1 Å². The van der Waals surface area contributed by atoms with E-state index in [4.69, 9.17) is 16.3 Å². The zero-order valence-corrected chi connectivity index (χ0v) is 11.8. The molecule has 0 atom stereocenters. The molecule has 0 heterocycles. The summed E-state index contributed by atoms with van der Waals surface area (Å²) in [5, 5.41) is 0.0661. The van der Waals surface area contributed by atoms with Gasteiger partial charge >= 0.3 is 0 Å². The van der Waals surface area contributed by atoms with Crippen LogP contribution in [0.25, 0.3) is 0 Å². The molecule has 0 radical (unpaired) electrons. The number of ether oxygens (including phenoxy) is 1. The summed E-state index contributed by atoms with van der Waals surface area (Å²) in [5.41, 5.74) is 1.54. The molecule has 2 rings (SSSR count). The highest BCUT2D eigenvalue weighted by molar-refractivity contribution is 6.30. The maximum Gasteiger partial charge on any atom is 0.142 e. The van der Waals surface area contributed by atoms with Crippen LogP contribution in [0.15, 0.2) is 42.5 Å². The first kappa shape index (κ1) is 14.5. The van der Waals surface area contributed by atoms with Gasteiger partial charge in [0.2, 0.25) is 0 Å². The van der Waals surface area contributed by atoms with Crippen molar-refractivity contribution in [1.29, 1.82) is 0 Å². The summed E-state index contributed by atoms with van der Waals surface area (Å²) < 4.78 is 18.3. The zero-order chi connectivity index (χ0) is 14.5. The van der Waals surface area contributed by atoms with Gasteiger partial charge in [-0.2, -0.15) is 0 Å². The van der Waals surface area contributed by atoms with Crippen LogP contribution >= 0.6 is 11.6 Å². The van der Waals surface area contributed by atoms with Gasteiger partial charge in [0, 0.05) is 12.8 Å². The molecule has 2 aromatic carbocycles. The number of halogens is 2. The fourth-order valence-corrected chi connectivity index (χ4v) is 2.03. The minimum absolute atomic E-state index is 0.0249. The number of hydrogen-bond acceptors (Lipinski definition) is 2. The Morgan fingerprint density at radius 3 is 2.30 bits per heavy atom. The van der Waals surface area contributed by atoms with Gasteiger partial charge in [-0.1, -0.05) is 29.8 Å². The third-order valence-electron chi connectivity index (χ3n) is 2.95. The van der Waals surface area contributed by atoms with Crippen LogP contribution in [0.1, 0.15) is 11.1 Å². The third-order valence-corrected chi connectivity index (χ3v) is 3.25. The van der Waals surface area contributed by atoms with Crippen molar-refractivity contribution < 1.29 is 13.9 Å². The first-order valence-corrected chi connectivity index (χ1v) is 6.55. The minimum atomic E-state index is -0.499. The Kier molecular flexibility index (Phi) is 4.74. The highest BCUT2D eigenvalue weighted by atomic mass is 35.5. The number of carbonyl (C=O) groups excluding carboxylic acids is 1. The van der Waals surface area contributed by atoms with E-state index in [-0.39, 0.29) is 17.2 Å². The molecule has 0 fully saturated rings. The van der Waals surface area contributed by atoms with Crippen LogP contribution in [-0.2, 0) is 17.6 Å². The first-order chi connectivity index (χ1) is 9.58. The van der Waals surface area contributed by atoms with Crippen LogP contribution in [-0.4, -0.2) is 12.9 Å². The number of rotatable bonds is 5. The van der Waals surface area contributed by atoms with Gasteiger partial charge in [-0.15, -0.1) is 0 Å². The predicted molar refractivity (Wildman–Crippen MR) is 76.8 cm³/mol. The number of hydrogen-bond donors (Lipinski definition) is 0. The topological polar surface area (TPSA) is 26.3 Å². The van der Waals surface area contributed by atoms with E-state index in [9.17, 15) is 9.18 Å². The number of carbonyl (C=O) groups is 1. The lowest BCUT2D eigenvalue weighted by Crippen LogP contribution is -2.06. The summed E-state index contributed by atoms with van der Waals surface area (Å²) in [6, 6.07) is 11.7. The molecule has 0 saturated carbocycles. The van der Waals surface area contributed by atoms with Crippen molar-refractivity contribution in [3.63, 3.8) is 0 Å². The van der Waals surface area contributed by atoms with E-state index in [0.717, 1.165) is 11.3 Å². The molecule has 0 unspecified atom stereocenters. The molecule has 0 aromatic heterocycles. The summed E-state index contributed by atoms with van der Waals surface area (Å²) in [7, 11) is 1.59. The quantitative estimate of drug-likeness (QED) is 0.837. The molecule has 2 aromatic rings. The van der Waals surface area contributed by atoms with Crippen LogP contribution in [0, 0.1) is 5.82 Å². The second kappa shape index (κ2) is 6.53. The standard InChI is InChI=1S/C16H14ClFO2/c1-20-14-5-2-11(3-6-14)8-13(19)9-12-4-7-15(17)16(18)10-12/h2-7,10H,8-9H2,1H3. The summed E-state index contributed by atoms with van der Waals surface area (Å²) in [5.74, 6) is 0.277. The van der Waals surface area contributed by atoms with Gasteiger partial charge in [0.05, 0.1) is 12.1 Å². The monoisotopic (exact) mass is 292 g/mol. The number of Topliss-reactive ketones (excluding diaryl/α,β-unsaturated/α-hetero) is 1. The summed E-state index contributed by atoms with van der Waals surface area (Å²) in [4.78, 5) is 11.9. The summed E-state index contributed by atoms with van der Waals surface area (Å²) in [6.07, 6.45) is 0.508. The van der Waals surface area contributed by atoms with Gasteiger partial charge in [0.25, 0.3) is 0 Å². The Balaban J connectivity index is 1.99. The maximum atomic E-state index is 13.3. The van der Waals surface area contributed by atoms with Gasteiger partial charge in [-0.25, -0.2) is 4.39 Å². The highest BCUT2D eigenvalue weighted by Crippen LogP contribution is 2.17. The second-order valence-corrected chi connectivity index (χ2v) is 4.90. The van der Waals surface area contributed by atoms with E-state index in [1.54, 1.807) is 13.2 Å². The number of ketones is 1. The fourth-order valence-electron chi connectivity index (χ4n) is 1.91. The van der Waals surface area contributed by atoms with Crippen molar-refractivity contribution in [2.45, 2.75) is 12.8 Å². The lowest BCUT2D eigenvalue weighted by atomic mass is 10.0. The van der Waals surface area contributed by atoms with Crippen LogP contribution in [0.5, 0.6) is 5.75 Å². The van der Waals surface area contributed by atoms with Crippen molar-refractivity contribution in [3.05, 3.63) is 64.4 Å². The molecule has 0 aliphatic rings.